The fourth-order valence-electron chi connectivity index (χ4n) is 1.96. The first-order chi connectivity index (χ1) is 7.54. The largest absolute Gasteiger partial charge is 0.359 e. The van der Waals surface area contributed by atoms with Crippen LogP contribution in [0.1, 0.15) is 30.3 Å². The molecule has 0 N–H and O–H groups in total. The second kappa shape index (κ2) is 4.46. The van der Waals surface area contributed by atoms with Crippen LogP contribution in [-0.2, 0) is 10.0 Å². The highest BCUT2D eigenvalue weighted by Crippen LogP contribution is 2.34. The summed E-state index contributed by atoms with van der Waals surface area (Å²) in [5, 5.41) is 3.80. The van der Waals surface area contributed by atoms with Crippen LogP contribution in [0.4, 0.5) is 0 Å². The maximum Gasteiger partial charge on any atom is 0.224 e. The zero-order valence-corrected chi connectivity index (χ0v) is 11.3. The number of alkyl halides is 1. The molecule has 2 rings (SSSR count). The minimum absolute atomic E-state index is 0.0520. The van der Waals surface area contributed by atoms with E-state index < -0.39 is 10.0 Å². The van der Waals surface area contributed by atoms with Crippen molar-refractivity contribution in [2.24, 2.45) is 0 Å². The van der Waals surface area contributed by atoms with Crippen molar-refractivity contribution in [1.82, 2.24) is 9.46 Å². The van der Waals surface area contributed by atoms with Crippen LogP contribution < -0.4 is 0 Å². The normalized spacial score (nSPS) is 22.8. The first-order valence-corrected chi connectivity index (χ1v) is 7.76. The lowest BCUT2D eigenvalue weighted by Crippen LogP contribution is -2.31. The predicted molar refractivity (Wildman–Crippen MR) is 62.6 cm³/mol. The molecule has 1 aromatic rings. The number of rotatable bonds is 3. The third-order valence-corrected chi connectivity index (χ3v) is 5.84. The standard InChI is InChI=1S/C9H13BrN2O3S/c1-7-5-9(15-11-7)8-3-2-4-12(8)16(13,14)6-10/h5,8H,2-4,6H2,1H3. The van der Waals surface area contributed by atoms with Crippen LogP contribution in [-0.4, -0.2) is 29.1 Å². The molecular formula is C9H13BrN2O3S. The highest BCUT2D eigenvalue weighted by atomic mass is 79.9. The monoisotopic (exact) mass is 308 g/mol. The van der Waals surface area contributed by atoms with E-state index in [1.807, 2.05) is 6.92 Å². The van der Waals surface area contributed by atoms with E-state index in [0.29, 0.717) is 12.3 Å². The Kier molecular flexibility index (Phi) is 3.37. The van der Waals surface area contributed by atoms with Crippen LogP contribution in [0, 0.1) is 6.92 Å². The van der Waals surface area contributed by atoms with Crippen molar-refractivity contribution in [3.63, 3.8) is 0 Å². The molecule has 0 amide bonds. The molecule has 2 heterocycles. The molecule has 90 valence electrons. The van der Waals surface area contributed by atoms with Gasteiger partial charge in [0.2, 0.25) is 10.0 Å². The Morgan fingerprint density at radius 1 is 1.69 bits per heavy atom. The highest BCUT2D eigenvalue weighted by molar-refractivity contribution is 9.10. The van der Waals surface area contributed by atoms with Crippen LogP contribution in [0.3, 0.4) is 0 Å². The molecule has 7 heteroatoms. The second-order valence-corrected chi connectivity index (χ2v) is 7.08. The summed E-state index contributed by atoms with van der Waals surface area (Å²) in [5.41, 5.74) is 0.776. The molecule has 1 aliphatic rings. The van der Waals surface area contributed by atoms with Crippen molar-refractivity contribution in [2.75, 3.05) is 11.2 Å². The SMILES string of the molecule is Cc1cc(C2CCCN2S(=O)(=O)CBr)on1. The molecule has 16 heavy (non-hydrogen) atoms. The molecule has 0 radical (unpaired) electrons. The number of aryl methyl sites for hydroxylation is 1. The fraction of sp³-hybridized carbons (Fsp3) is 0.667. The van der Waals surface area contributed by atoms with Gasteiger partial charge in [-0.2, -0.15) is 4.31 Å². The molecule has 1 fully saturated rings. The van der Waals surface area contributed by atoms with E-state index in [-0.39, 0.29) is 10.7 Å². The number of halogens is 1. The number of hydrogen-bond acceptors (Lipinski definition) is 4. The lowest BCUT2D eigenvalue weighted by atomic mass is 10.2. The third-order valence-electron chi connectivity index (χ3n) is 2.67. The van der Waals surface area contributed by atoms with Gasteiger partial charge in [-0.05, 0) is 19.8 Å². The van der Waals surface area contributed by atoms with E-state index in [4.69, 9.17) is 4.52 Å². The summed E-state index contributed by atoms with van der Waals surface area (Å²) in [7, 11) is -3.22. The third kappa shape index (κ3) is 2.16. The smallest absolute Gasteiger partial charge is 0.224 e. The molecule has 1 atom stereocenters. The summed E-state index contributed by atoms with van der Waals surface area (Å²) in [5.74, 6) is 0.638. The highest BCUT2D eigenvalue weighted by Gasteiger charge is 2.36. The topological polar surface area (TPSA) is 63.4 Å². The van der Waals surface area contributed by atoms with Gasteiger partial charge in [-0.1, -0.05) is 21.1 Å². The Balaban J connectivity index is 2.28. The summed E-state index contributed by atoms with van der Waals surface area (Å²) in [4.78, 5) is 0. The van der Waals surface area contributed by atoms with Gasteiger partial charge in [0.25, 0.3) is 0 Å². The summed E-state index contributed by atoms with van der Waals surface area (Å²) in [6.07, 6.45) is 1.65. The molecular weight excluding hydrogens is 296 g/mol. The first kappa shape index (κ1) is 12.1. The van der Waals surface area contributed by atoms with Gasteiger partial charge in [0.05, 0.1) is 11.7 Å². The van der Waals surface area contributed by atoms with E-state index in [1.54, 1.807) is 6.07 Å². The van der Waals surface area contributed by atoms with Gasteiger partial charge in [0.1, 0.15) is 4.66 Å². The van der Waals surface area contributed by atoms with Crippen LogP contribution in [0.15, 0.2) is 10.6 Å². The zero-order valence-electron chi connectivity index (χ0n) is 8.89. The zero-order chi connectivity index (χ0) is 11.8. The van der Waals surface area contributed by atoms with E-state index in [2.05, 4.69) is 21.1 Å². The average molecular weight is 309 g/mol. The number of sulfonamides is 1. The molecule has 1 unspecified atom stereocenters. The quantitative estimate of drug-likeness (QED) is 0.799. The summed E-state index contributed by atoms with van der Waals surface area (Å²) in [6, 6.07) is 1.61. The fourth-order valence-corrected chi connectivity index (χ4v) is 3.88. The Hall–Kier alpha value is -0.400. The van der Waals surface area contributed by atoms with Crippen molar-refractivity contribution in [2.45, 2.75) is 25.8 Å². The van der Waals surface area contributed by atoms with E-state index in [1.165, 1.54) is 4.31 Å². The van der Waals surface area contributed by atoms with Crippen LogP contribution in [0.25, 0.3) is 0 Å². The minimum atomic E-state index is -3.22. The lowest BCUT2D eigenvalue weighted by molar-refractivity contribution is 0.298. The Morgan fingerprint density at radius 3 is 3.00 bits per heavy atom. The lowest BCUT2D eigenvalue weighted by Gasteiger charge is -2.20. The predicted octanol–water partition coefficient (Wildman–Crippen LogP) is 1.80. The second-order valence-electron chi connectivity index (χ2n) is 3.86. The molecule has 0 saturated carbocycles. The first-order valence-electron chi connectivity index (χ1n) is 5.03. The van der Waals surface area contributed by atoms with Gasteiger partial charge in [0.15, 0.2) is 5.76 Å². The van der Waals surface area contributed by atoms with Gasteiger partial charge in [-0.3, -0.25) is 0 Å². The Bertz CT molecular complexity index is 471. The van der Waals surface area contributed by atoms with Gasteiger partial charge >= 0.3 is 0 Å². The maximum absolute atomic E-state index is 11.8. The number of nitrogens with zero attached hydrogens (tertiary/aromatic N) is 2. The molecule has 1 aromatic heterocycles. The van der Waals surface area contributed by atoms with Crippen LogP contribution >= 0.6 is 15.9 Å². The van der Waals surface area contributed by atoms with Crippen molar-refractivity contribution >= 4 is 26.0 Å². The van der Waals surface area contributed by atoms with Gasteiger partial charge < -0.3 is 4.52 Å². The number of hydrogen-bond donors (Lipinski definition) is 0. The molecule has 1 saturated heterocycles. The average Bonchev–Trinajstić information content (AvgIpc) is 2.85. The van der Waals surface area contributed by atoms with E-state index in [9.17, 15) is 8.42 Å². The van der Waals surface area contributed by atoms with Crippen LogP contribution in [0.5, 0.6) is 0 Å². The Morgan fingerprint density at radius 2 is 2.44 bits per heavy atom. The van der Waals surface area contributed by atoms with Gasteiger partial charge in [-0.15, -0.1) is 0 Å². The maximum atomic E-state index is 11.8. The molecule has 5 nitrogen and oxygen atoms in total. The van der Waals surface area contributed by atoms with Gasteiger partial charge in [0, 0.05) is 12.6 Å². The van der Waals surface area contributed by atoms with Crippen molar-refractivity contribution in [3.05, 3.63) is 17.5 Å². The van der Waals surface area contributed by atoms with E-state index >= 15 is 0 Å². The van der Waals surface area contributed by atoms with E-state index in [0.717, 1.165) is 18.5 Å². The molecule has 0 bridgehead atoms. The molecule has 1 aliphatic heterocycles. The summed E-state index contributed by atoms with van der Waals surface area (Å²) >= 11 is 3.01. The van der Waals surface area contributed by atoms with Crippen molar-refractivity contribution in [3.8, 4) is 0 Å². The summed E-state index contributed by atoms with van der Waals surface area (Å²) < 4.78 is 30.2. The molecule has 0 aliphatic carbocycles. The number of aromatic nitrogens is 1. The summed E-state index contributed by atoms with van der Waals surface area (Å²) in [6.45, 7) is 2.38. The molecule has 0 spiro atoms. The van der Waals surface area contributed by atoms with Crippen molar-refractivity contribution < 1.29 is 12.9 Å². The van der Waals surface area contributed by atoms with Crippen LogP contribution in [0.2, 0.25) is 0 Å². The minimum Gasteiger partial charge on any atom is -0.359 e. The van der Waals surface area contributed by atoms with Crippen molar-refractivity contribution in [1.29, 1.82) is 0 Å². The molecule has 0 aromatic carbocycles. The van der Waals surface area contributed by atoms with Gasteiger partial charge in [-0.25, -0.2) is 8.42 Å². The Labute approximate surface area is 103 Å².